The minimum atomic E-state index is -0.657. The van der Waals surface area contributed by atoms with Crippen molar-refractivity contribution >= 4 is 27.7 Å². The van der Waals surface area contributed by atoms with Gasteiger partial charge in [0.15, 0.2) is 0 Å². The molecule has 0 aromatic heterocycles. The largest absolute Gasteiger partial charge is 0.497 e. The van der Waals surface area contributed by atoms with Gasteiger partial charge in [-0.15, -0.1) is 0 Å². The van der Waals surface area contributed by atoms with Crippen molar-refractivity contribution in [3.63, 3.8) is 0 Å². The molecule has 7 heteroatoms. The summed E-state index contributed by atoms with van der Waals surface area (Å²) in [5.74, 6) is 1.23. The second-order valence-corrected chi connectivity index (χ2v) is 11.1. The molecule has 0 saturated carbocycles. The van der Waals surface area contributed by atoms with Gasteiger partial charge in [0.25, 0.3) is 0 Å². The predicted octanol–water partition coefficient (Wildman–Crippen LogP) is 6.17. The Morgan fingerprint density at radius 1 is 0.895 bits per heavy atom. The van der Waals surface area contributed by atoms with Gasteiger partial charge < -0.3 is 19.7 Å². The highest BCUT2D eigenvalue weighted by Crippen LogP contribution is 2.20. The molecular formula is C31H37BrN2O4. The molecule has 38 heavy (non-hydrogen) atoms. The molecule has 0 spiro atoms. The van der Waals surface area contributed by atoms with Gasteiger partial charge in [-0.1, -0.05) is 58.4 Å². The highest BCUT2D eigenvalue weighted by Gasteiger charge is 2.32. The van der Waals surface area contributed by atoms with Gasteiger partial charge >= 0.3 is 0 Å². The molecule has 0 heterocycles. The Balaban J connectivity index is 1.78. The van der Waals surface area contributed by atoms with E-state index >= 15 is 0 Å². The Hall–Kier alpha value is -3.32. The number of amides is 2. The van der Waals surface area contributed by atoms with E-state index in [1.165, 1.54) is 0 Å². The average molecular weight is 582 g/mol. The molecule has 202 valence electrons. The number of hydrogen-bond acceptors (Lipinski definition) is 4. The third-order valence-electron chi connectivity index (χ3n) is 5.90. The van der Waals surface area contributed by atoms with Gasteiger partial charge in [-0.2, -0.15) is 0 Å². The second-order valence-electron chi connectivity index (χ2n) is 10.2. The van der Waals surface area contributed by atoms with Crippen LogP contribution in [-0.4, -0.2) is 42.0 Å². The lowest BCUT2D eigenvalue weighted by molar-refractivity contribution is -0.142. The zero-order valence-corrected chi connectivity index (χ0v) is 24.2. The first-order valence-corrected chi connectivity index (χ1v) is 13.6. The first-order chi connectivity index (χ1) is 18.1. The maximum Gasteiger partial charge on any atom is 0.243 e. The van der Waals surface area contributed by atoms with Crippen LogP contribution in [0.5, 0.6) is 11.5 Å². The van der Waals surface area contributed by atoms with Crippen molar-refractivity contribution in [3.8, 4) is 11.5 Å². The molecule has 3 rings (SSSR count). The molecule has 0 radical (unpaired) electrons. The van der Waals surface area contributed by atoms with Crippen LogP contribution in [-0.2, 0) is 22.6 Å². The SMILES string of the molecule is COc1ccc(OCCCC(=O)N(Cc2ccc(Br)cc2)[C@@H](Cc2ccccc2)C(=O)NC(C)(C)C)cc1. The molecule has 3 aromatic rings. The maximum atomic E-state index is 13.7. The quantitative estimate of drug-likeness (QED) is 0.260. The molecule has 0 unspecified atom stereocenters. The fraction of sp³-hybridized carbons (Fsp3) is 0.355. The first kappa shape index (κ1) is 29.2. The van der Waals surface area contributed by atoms with E-state index in [2.05, 4.69) is 21.2 Å². The summed E-state index contributed by atoms with van der Waals surface area (Å²) in [6.07, 6.45) is 1.22. The van der Waals surface area contributed by atoms with Crippen molar-refractivity contribution in [3.05, 3.63) is 94.5 Å². The van der Waals surface area contributed by atoms with E-state index in [0.29, 0.717) is 26.0 Å². The summed E-state index contributed by atoms with van der Waals surface area (Å²) in [7, 11) is 1.62. The van der Waals surface area contributed by atoms with Gasteiger partial charge in [0.1, 0.15) is 17.5 Å². The molecule has 0 bridgehead atoms. The summed E-state index contributed by atoms with van der Waals surface area (Å²) < 4.78 is 12.0. The zero-order valence-electron chi connectivity index (χ0n) is 22.6. The number of carbonyl (C=O) groups is 2. The summed E-state index contributed by atoms with van der Waals surface area (Å²) in [5, 5.41) is 3.09. The number of ether oxygens (including phenoxy) is 2. The van der Waals surface area contributed by atoms with Gasteiger partial charge in [-0.05, 0) is 74.7 Å². The van der Waals surface area contributed by atoms with Crippen molar-refractivity contribution in [1.82, 2.24) is 10.2 Å². The van der Waals surface area contributed by atoms with Crippen LogP contribution in [0.3, 0.4) is 0 Å². The lowest BCUT2D eigenvalue weighted by Gasteiger charge is -2.34. The number of halogens is 1. The van der Waals surface area contributed by atoms with Crippen molar-refractivity contribution in [2.75, 3.05) is 13.7 Å². The number of carbonyl (C=O) groups excluding carboxylic acids is 2. The second kappa shape index (κ2) is 14.0. The number of benzene rings is 3. The van der Waals surface area contributed by atoms with Crippen LogP contribution in [0, 0.1) is 0 Å². The number of rotatable bonds is 12. The van der Waals surface area contributed by atoms with Crippen molar-refractivity contribution in [1.29, 1.82) is 0 Å². The predicted molar refractivity (Wildman–Crippen MR) is 154 cm³/mol. The smallest absolute Gasteiger partial charge is 0.243 e. The van der Waals surface area contributed by atoms with Crippen LogP contribution >= 0.6 is 15.9 Å². The van der Waals surface area contributed by atoms with E-state index < -0.39 is 11.6 Å². The van der Waals surface area contributed by atoms with Crippen LogP contribution in [0.1, 0.15) is 44.7 Å². The molecule has 1 atom stereocenters. The Kier molecular flexibility index (Phi) is 10.8. The first-order valence-electron chi connectivity index (χ1n) is 12.8. The van der Waals surface area contributed by atoms with Gasteiger partial charge in [-0.25, -0.2) is 0 Å². The number of nitrogens with one attached hydrogen (secondary N) is 1. The third-order valence-corrected chi connectivity index (χ3v) is 6.43. The highest BCUT2D eigenvalue weighted by molar-refractivity contribution is 9.10. The third kappa shape index (κ3) is 9.53. The average Bonchev–Trinajstić information content (AvgIpc) is 2.89. The normalized spacial score (nSPS) is 11.9. The Labute approximate surface area is 234 Å². The molecule has 0 aliphatic rings. The molecular weight excluding hydrogens is 544 g/mol. The van der Waals surface area contributed by atoms with E-state index in [9.17, 15) is 9.59 Å². The van der Waals surface area contributed by atoms with Gasteiger partial charge in [0.05, 0.1) is 13.7 Å². The summed E-state index contributed by atoms with van der Waals surface area (Å²) in [6, 6.07) is 24.4. The van der Waals surface area contributed by atoms with Gasteiger partial charge in [-0.3, -0.25) is 9.59 Å². The summed E-state index contributed by atoms with van der Waals surface area (Å²) in [6.45, 7) is 6.56. The molecule has 0 saturated heterocycles. The van der Waals surface area contributed by atoms with E-state index in [-0.39, 0.29) is 18.2 Å². The molecule has 3 aromatic carbocycles. The fourth-order valence-electron chi connectivity index (χ4n) is 4.02. The lowest BCUT2D eigenvalue weighted by Crippen LogP contribution is -2.54. The van der Waals surface area contributed by atoms with E-state index in [0.717, 1.165) is 27.1 Å². The molecule has 6 nitrogen and oxygen atoms in total. The Morgan fingerprint density at radius 3 is 2.13 bits per heavy atom. The standard InChI is InChI=1S/C31H37BrN2O4/c1-31(2,3)33-30(36)28(21-23-9-6-5-7-10-23)34(22-24-12-14-25(32)15-13-24)29(35)11-8-20-38-27-18-16-26(37-4)17-19-27/h5-7,9-10,12-19,28H,8,11,20-22H2,1-4H3,(H,33,36)/t28-/m0/s1. The van der Waals surface area contributed by atoms with E-state index in [4.69, 9.17) is 9.47 Å². The number of methoxy groups -OCH3 is 1. The minimum Gasteiger partial charge on any atom is -0.497 e. The van der Waals surface area contributed by atoms with Gasteiger partial charge in [0.2, 0.25) is 11.8 Å². The highest BCUT2D eigenvalue weighted by atomic mass is 79.9. The molecule has 0 fully saturated rings. The lowest BCUT2D eigenvalue weighted by atomic mass is 10.00. The van der Waals surface area contributed by atoms with Crippen LogP contribution in [0.4, 0.5) is 0 Å². The molecule has 1 N–H and O–H groups in total. The van der Waals surface area contributed by atoms with E-state index in [1.54, 1.807) is 12.0 Å². The van der Waals surface area contributed by atoms with Crippen molar-refractivity contribution in [2.45, 2.75) is 58.2 Å². The molecule has 0 aliphatic carbocycles. The maximum absolute atomic E-state index is 13.7. The molecule has 0 aliphatic heterocycles. The topological polar surface area (TPSA) is 67.9 Å². The van der Waals surface area contributed by atoms with E-state index in [1.807, 2.05) is 99.6 Å². The summed E-state index contributed by atoms with van der Waals surface area (Å²) in [4.78, 5) is 29.0. The summed E-state index contributed by atoms with van der Waals surface area (Å²) in [5.41, 5.74) is 1.53. The summed E-state index contributed by atoms with van der Waals surface area (Å²) >= 11 is 3.47. The number of hydrogen-bond donors (Lipinski definition) is 1. The fourth-order valence-corrected chi connectivity index (χ4v) is 4.29. The van der Waals surface area contributed by atoms with Crippen LogP contribution in [0.15, 0.2) is 83.3 Å². The van der Waals surface area contributed by atoms with Crippen LogP contribution in [0.25, 0.3) is 0 Å². The minimum absolute atomic E-state index is 0.0868. The number of nitrogens with zero attached hydrogens (tertiary/aromatic N) is 1. The Morgan fingerprint density at radius 2 is 1.53 bits per heavy atom. The van der Waals surface area contributed by atoms with Crippen LogP contribution < -0.4 is 14.8 Å². The van der Waals surface area contributed by atoms with Gasteiger partial charge in [0, 0.05) is 29.4 Å². The van der Waals surface area contributed by atoms with Crippen LogP contribution in [0.2, 0.25) is 0 Å². The zero-order chi connectivity index (χ0) is 27.5. The van der Waals surface area contributed by atoms with Crippen molar-refractivity contribution in [2.24, 2.45) is 0 Å². The van der Waals surface area contributed by atoms with Crippen molar-refractivity contribution < 1.29 is 19.1 Å². The monoisotopic (exact) mass is 580 g/mol. The molecule has 2 amide bonds. The Bertz CT molecular complexity index is 1160.